The number of hydrogen-bond donors (Lipinski definition) is 2. The van der Waals surface area contributed by atoms with Crippen molar-refractivity contribution in [1.29, 1.82) is 0 Å². The molecule has 0 unspecified atom stereocenters. The summed E-state index contributed by atoms with van der Waals surface area (Å²) in [6.07, 6.45) is 6.28. The van der Waals surface area contributed by atoms with Gasteiger partial charge in [0.2, 0.25) is 0 Å². The summed E-state index contributed by atoms with van der Waals surface area (Å²) in [6.45, 7) is 9.06. The Morgan fingerprint density at radius 2 is 1.85 bits per heavy atom. The molecule has 0 bridgehead atoms. The number of carbonyl (C=O) groups is 2. The quantitative estimate of drug-likeness (QED) is 0.459. The number of carbonyl (C=O) groups excluding carboxylic acids is 2. The molecule has 0 atom stereocenters. The molecule has 172 valence electrons. The molecule has 0 fully saturated rings. The minimum absolute atomic E-state index is 0.319. The molecule has 4 heterocycles. The van der Waals surface area contributed by atoms with Gasteiger partial charge >= 0.3 is 6.09 Å². The lowest BCUT2D eigenvalue weighted by atomic mass is 10.2. The Labute approximate surface area is 194 Å². The van der Waals surface area contributed by atoms with Crippen LogP contribution in [0.25, 0.3) is 15.3 Å². The zero-order chi connectivity index (χ0) is 23.9. The fourth-order valence-electron chi connectivity index (χ4n) is 3.25. The van der Waals surface area contributed by atoms with Crippen LogP contribution in [0.4, 0.5) is 16.2 Å². The smallest absolute Gasteiger partial charge is 0.412 e. The molecule has 4 aromatic rings. The average Bonchev–Trinajstić information content (AvgIpc) is 3.36. The molecule has 4 aromatic heterocycles. The summed E-state index contributed by atoms with van der Waals surface area (Å²) in [5, 5.41) is 14.2. The molecule has 0 saturated carbocycles. The van der Waals surface area contributed by atoms with Crippen LogP contribution in [-0.2, 0) is 11.8 Å². The van der Waals surface area contributed by atoms with Crippen LogP contribution in [0, 0.1) is 13.8 Å². The summed E-state index contributed by atoms with van der Waals surface area (Å²) in [4.78, 5) is 31.1. The maximum absolute atomic E-state index is 13.1. The van der Waals surface area contributed by atoms with E-state index in [0.29, 0.717) is 22.6 Å². The van der Waals surface area contributed by atoms with Crippen molar-refractivity contribution in [2.24, 2.45) is 7.05 Å². The second-order valence-corrected chi connectivity index (χ2v) is 9.67. The monoisotopic (exact) mass is 467 g/mol. The number of fused-ring (bicyclic) bond motifs is 1. The van der Waals surface area contributed by atoms with Crippen molar-refractivity contribution in [2.45, 2.75) is 40.2 Å². The first-order chi connectivity index (χ1) is 15.5. The van der Waals surface area contributed by atoms with Crippen LogP contribution in [0.1, 0.15) is 42.5 Å². The van der Waals surface area contributed by atoms with Crippen LogP contribution >= 0.6 is 11.3 Å². The summed E-state index contributed by atoms with van der Waals surface area (Å²) in [5.74, 6) is -0.319. The zero-order valence-corrected chi connectivity index (χ0v) is 20.1. The van der Waals surface area contributed by atoms with Gasteiger partial charge in [-0.05, 0) is 40.7 Å². The van der Waals surface area contributed by atoms with E-state index in [2.05, 4.69) is 25.8 Å². The highest BCUT2D eigenvalue weighted by atomic mass is 32.1. The minimum atomic E-state index is -0.624. The van der Waals surface area contributed by atoms with Crippen LogP contribution in [0.2, 0.25) is 0 Å². The lowest BCUT2D eigenvalue weighted by Gasteiger charge is -2.19. The van der Waals surface area contributed by atoms with Gasteiger partial charge in [0.05, 0.1) is 45.6 Å². The Kier molecular flexibility index (Phi) is 5.66. The van der Waals surface area contributed by atoms with Crippen LogP contribution in [0.3, 0.4) is 0 Å². The molecule has 0 aliphatic rings. The van der Waals surface area contributed by atoms with E-state index in [1.165, 1.54) is 23.7 Å². The Hall–Kier alpha value is -3.73. The molecule has 2 amide bonds. The minimum Gasteiger partial charge on any atom is -0.444 e. The second kappa shape index (κ2) is 8.32. The standard InChI is InChI=1S/C22H25N7O3S/c1-12-16(10-28(6)27-12)18-11-29-20(33-18)15(9-24-29)19(30)26-17-7-14(8-23-13(17)2)25-21(31)32-22(3,4)5/h7-11H,1-6H3,(H,25,31)(H,26,30). The molecule has 0 spiro atoms. The van der Waals surface area contributed by atoms with Gasteiger partial charge in [-0.1, -0.05) is 0 Å². The number of nitrogens with zero attached hydrogens (tertiary/aromatic N) is 5. The second-order valence-electron chi connectivity index (χ2n) is 8.64. The van der Waals surface area contributed by atoms with Crippen molar-refractivity contribution in [3.8, 4) is 10.4 Å². The van der Waals surface area contributed by atoms with Gasteiger partial charge in [0.25, 0.3) is 5.91 Å². The molecule has 0 radical (unpaired) electrons. The first-order valence-electron chi connectivity index (χ1n) is 10.3. The number of ether oxygens (including phenoxy) is 1. The molecule has 2 N–H and O–H groups in total. The molecule has 33 heavy (non-hydrogen) atoms. The number of pyridine rings is 1. The third kappa shape index (κ3) is 4.87. The number of rotatable bonds is 4. The van der Waals surface area contributed by atoms with E-state index in [9.17, 15) is 9.59 Å². The SMILES string of the molecule is Cc1ncc(NC(=O)OC(C)(C)C)cc1NC(=O)c1cnn2cc(-c3cn(C)nc3C)sc12. The number of thiazole rings is 1. The summed E-state index contributed by atoms with van der Waals surface area (Å²) in [7, 11) is 1.87. The first-order valence-corrected chi connectivity index (χ1v) is 11.1. The van der Waals surface area contributed by atoms with E-state index in [1.54, 1.807) is 43.0 Å². The first kappa shape index (κ1) is 22.5. The molecule has 11 heteroatoms. The fraction of sp³-hybridized carbons (Fsp3) is 0.318. The number of aromatic nitrogens is 5. The van der Waals surface area contributed by atoms with Gasteiger partial charge in [-0.2, -0.15) is 10.2 Å². The highest BCUT2D eigenvalue weighted by molar-refractivity contribution is 7.21. The van der Waals surface area contributed by atoms with Crippen molar-refractivity contribution in [1.82, 2.24) is 24.4 Å². The van der Waals surface area contributed by atoms with E-state index >= 15 is 0 Å². The summed E-state index contributed by atoms with van der Waals surface area (Å²) in [5.41, 5.74) is 3.23. The number of anilines is 2. The topological polar surface area (TPSA) is 115 Å². The van der Waals surface area contributed by atoms with Crippen molar-refractivity contribution in [2.75, 3.05) is 10.6 Å². The van der Waals surface area contributed by atoms with Gasteiger partial charge in [-0.3, -0.25) is 19.8 Å². The van der Waals surface area contributed by atoms with E-state index in [-0.39, 0.29) is 5.91 Å². The van der Waals surface area contributed by atoms with Crippen molar-refractivity contribution in [3.63, 3.8) is 0 Å². The van der Waals surface area contributed by atoms with Gasteiger partial charge in [-0.25, -0.2) is 9.31 Å². The Morgan fingerprint density at radius 1 is 1.09 bits per heavy atom. The lowest BCUT2D eigenvalue weighted by Crippen LogP contribution is -2.27. The molecule has 0 aliphatic carbocycles. The third-order valence-corrected chi connectivity index (χ3v) is 5.85. The van der Waals surface area contributed by atoms with E-state index in [1.807, 2.05) is 26.4 Å². The Bertz CT molecular complexity index is 1360. The predicted octanol–water partition coefficient (Wildman–Crippen LogP) is 4.41. The van der Waals surface area contributed by atoms with Crippen LogP contribution in [-0.4, -0.2) is 42.0 Å². The van der Waals surface area contributed by atoms with Crippen molar-refractivity contribution in [3.05, 3.63) is 47.8 Å². The number of amides is 2. The number of aryl methyl sites for hydroxylation is 3. The van der Waals surface area contributed by atoms with Gasteiger partial charge in [0.15, 0.2) is 0 Å². The highest BCUT2D eigenvalue weighted by Gasteiger charge is 2.20. The Morgan fingerprint density at radius 3 is 2.52 bits per heavy atom. The largest absolute Gasteiger partial charge is 0.444 e. The summed E-state index contributed by atoms with van der Waals surface area (Å²) >= 11 is 1.47. The van der Waals surface area contributed by atoms with Crippen LogP contribution in [0.15, 0.2) is 30.9 Å². The fourth-order valence-corrected chi connectivity index (χ4v) is 4.37. The van der Waals surface area contributed by atoms with E-state index < -0.39 is 11.7 Å². The molecule has 0 saturated heterocycles. The molecule has 0 aromatic carbocycles. The predicted molar refractivity (Wildman–Crippen MR) is 127 cm³/mol. The van der Waals surface area contributed by atoms with Gasteiger partial charge in [0.1, 0.15) is 10.4 Å². The summed E-state index contributed by atoms with van der Waals surface area (Å²) < 4.78 is 8.71. The molecule has 0 aliphatic heterocycles. The third-order valence-electron chi connectivity index (χ3n) is 4.70. The maximum Gasteiger partial charge on any atom is 0.412 e. The molecular weight excluding hydrogens is 442 g/mol. The Balaban J connectivity index is 1.56. The molecule has 10 nitrogen and oxygen atoms in total. The highest BCUT2D eigenvalue weighted by Crippen LogP contribution is 2.32. The zero-order valence-electron chi connectivity index (χ0n) is 19.3. The van der Waals surface area contributed by atoms with E-state index in [4.69, 9.17) is 4.74 Å². The maximum atomic E-state index is 13.1. The van der Waals surface area contributed by atoms with Gasteiger partial charge in [-0.15, -0.1) is 11.3 Å². The van der Waals surface area contributed by atoms with Gasteiger partial charge in [0, 0.05) is 25.0 Å². The number of nitrogens with one attached hydrogen (secondary N) is 2. The van der Waals surface area contributed by atoms with E-state index in [0.717, 1.165) is 21.0 Å². The average molecular weight is 468 g/mol. The lowest BCUT2D eigenvalue weighted by molar-refractivity contribution is 0.0635. The number of hydrogen-bond acceptors (Lipinski definition) is 7. The van der Waals surface area contributed by atoms with Crippen LogP contribution < -0.4 is 10.6 Å². The summed E-state index contributed by atoms with van der Waals surface area (Å²) in [6, 6.07) is 1.64. The normalized spacial score (nSPS) is 11.6. The van der Waals surface area contributed by atoms with Gasteiger partial charge < -0.3 is 10.1 Å². The van der Waals surface area contributed by atoms with Crippen molar-refractivity contribution >= 4 is 39.5 Å². The molecular formula is C22H25N7O3S. The van der Waals surface area contributed by atoms with Crippen molar-refractivity contribution < 1.29 is 14.3 Å². The van der Waals surface area contributed by atoms with Crippen LogP contribution in [0.5, 0.6) is 0 Å². The molecule has 4 rings (SSSR count).